The standard InChI is InChI=1S/C17H17FN2O2S/c18-15-6-2-1-4-12(15)10-20-16(21)14-5-3-8-19-17(14)22-13-7-9-23-11-13/h1-6,8,13H,7,9-11H2,(H,20,21)/t13-/m0/s1. The number of ether oxygens (including phenoxy) is 1. The van der Waals surface area contributed by atoms with E-state index in [1.165, 1.54) is 6.07 Å². The second-order valence-electron chi connectivity index (χ2n) is 5.23. The number of halogens is 1. The number of nitrogens with one attached hydrogen (secondary N) is 1. The third-order valence-electron chi connectivity index (χ3n) is 3.58. The lowest BCUT2D eigenvalue weighted by atomic mass is 10.2. The number of carbonyl (C=O) groups is 1. The SMILES string of the molecule is O=C(NCc1ccccc1F)c1cccnc1O[C@H]1CCSC1. The molecule has 0 spiro atoms. The van der Waals surface area contributed by atoms with Crippen LogP contribution in [0.1, 0.15) is 22.3 Å². The number of hydrogen-bond acceptors (Lipinski definition) is 4. The van der Waals surface area contributed by atoms with E-state index in [-0.39, 0.29) is 24.4 Å². The van der Waals surface area contributed by atoms with Gasteiger partial charge in [0.2, 0.25) is 5.88 Å². The topological polar surface area (TPSA) is 51.2 Å². The first-order valence-electron chi connectivity index (χ1n) is 7.45. The van der Waals surface area contributed by atoms with Crippen LogP contribution < -0.4 is 10.1 Å². The van der Waals surface area contributed by atoms with Gasteiger partial charge < -0.3 is 10.1 Å². The predicted molar refractivity (Wildman–Crippen MR) is 88.2 cm³/mol. The Morgan fingerprint density at radius 2 is 2.22 bits per heavy atom. The fourth-order valence-corrected chi connectivity index (χ4v) is 3.43. The Balaban J connectivity index is 1.68. The van der Waals surface area contributed by atoms with Crippen molar-refractivity contribution in [2.75, 3.05) is 11.5 Å². The van der Waals surface area contributed by atoms with E-state index in [0.29, 0.717) is 17.0 Å². The van der Waals surface area contributed by atoms with Gasteiger partial charge >= 0.3 is 0 Å². The van der Waals surface area contributed by atoms with Crippen molar-refractivity contribution >= 4 is 17.7 Å². The van der Waals surface area contributed by atoms with Crippen LogP contribution in [-0.4, -0.2) is 28.5 Å². The molecule has 0 bridgehead atoms. The Hall–Kier alpha value is -2.08. The smallest absolute Gasteiger partial charge is 0.257 e. The van der Waals surface area contributed by atoms with Crippen molar-refractivity contribution in [2.45, 2.75) is 19.1 Å². The molecule has 1 amide bonds. The molecule has 4 nitrogen and oxygen atoms in total. The molecule has 3 rings (SSSR count). The van der Waals surface area contributed by atoms with Crippen LogP contribution in [0.2, 0.25) is 0 Å². The molecule has 1 saturated heterocycles. The minimum atomic E-state index is -0.335. The van der Waals surface area contributed by atoms with Gasteiger partial charge in [0.25, 0.3) is 5.91 Å². The summed E-state index contributed by atoms with van der Waals surface area (Å²) in [6, 6.07) is 9.73. The van der Waals surface area contributed by atoms with Gasteiger partial charge in [0, 0.05) is 24.1 Å². The minimum absolute atomic E-state index is 0.0908. The molecule has 0 unspecified atom stereocenters. The zero-order chi connectivity index (χ0) is 16.1. The highest BCUT2D eigenvalue weighted by Crippen LogP contribution is 2.24. The van der Waals surface area contributed by atoms with Gasteiger partial charge in [0.15, 0.2) is 0 Å². The van der Waals surface area contributed by atoms with Crippen molar-refractivity contribution in [3.63, 3.8) is 0 Å². The van der Waals surface area contributed by atoms with Gasteiger partial charge in [-0.3, -0.25) is 4.79 Å². The zero-order valence-corrected chi connectivity index (χ0v) is 13.3. The van der Waals surface area contributed by atoms with E-state index < -0.39 is 0 Å². The Labute approximate surface area is 138 Å². The summed E-state index contributed by atoms with van der Waals surface area (Å²) in [6.07, 6.45) is 2.65. The molecule has 0 saturated carbocycles. The number of benzene rings is 1. The molecule has 1 aliphatic heterocycles. The summed E-state index contributed by atoms with van der Waals surface area (Å²) in [7, 11) is 0. The number of aromatic nitrogens is 1. The van der Waals surface area contributed by atoms with Gasteiger partial charge in [-0.25, -0.2) is 9.37 Å². The van der Waals surface area contributed by atoms with Crippen molar-refractivity contribution in [1.82, 2.24) is 10.3 Å². The van der Waals surface area contributed by atoms with Crippen LogP contribution in [0.5, 0.6) is 5.88 Å². The zero-order valence-electron chi connectivity index (χ0n) is 12.5. The molecule has 23 heavy (non-hydrogen) atoms. The third-order valence-corrected chi connectivity index (χ3v) is 4.71. The van der Waals surface area contributed by atoms with Crippen LogP contribution in [0.3, 0.4) is 0 Å². The largest absolute Gasteiger partial charge is 0.473 e. The van der Waals surface area contributed by atoms with Gasteiger partial charge in [-0.15, -0.1) is 0 Å². The highest BCUT2D eigenvalue weighted by Gasteiger charge is 2.21. The molecular weight excluding hydrogens is 315 g/mol. The fraction of sp³-hybridized carbons (Fsp3) is 0.294. The number of nitrogens with zero attached hydrogens (tertiary/aromatic N) is 1. The second-order valence-corrected chi connectivity index (χ2v) is 6.38. The van der Waals surface area contributed by atoms with Crippen molar-refractivity contribution in [2.24, 2.45) is 0 Å². The molecular formula is C17H17FN2O2S. The lowest BCUT2D eigenvalue weighted by molar-refractivity contribution is 0.0943. The Morgan fingerprint density at radius 3 is 3.00 bits per heavy atom. The van der Waals surface area contributed by atoms with Crippen molar-refractivity contribution in [3.05, 3.63) is 59.5 Å². The van der Waals surface area contributed by atoms with E-state index in [0.717, 1.165) is 17.9 Å². The maximum absolute atomic E-state index is 13.6. The average molecular weight is 332 g/mol. The lowest BCUT2D eigenvalue weighted by Crippen LogP contribution is -2.25. The van der Waals surface area contributed by atoms with Crippen LogP contribution in [-0.2, 0) is 6.54 Å². The number of hydrogen-bond donors (Lipinski definition) is 1. The summed E-state index contributed by atoms with van der Waals surface area (Å²) in [5.41, 5.74) is 0.820. The fourth-order valence-electron chi connectivity index (χ4n) is 2.33. The van der Waals surface area contributed by atoms with Gasteiger partial charge in [-0.1, -0.05) is 18.2 Å². The van der Waals surface area contributed by atoms with Gasteiger partial charge in [-0.2, -0.15) is 11.8 Å². The Morgan fingerprint density at radius 1 is 1.35 bits per heavy atom. The lowest BCUT2D eigenvalue weighted by Gasteiger charge is -2.14. The summed E-state index contributed by atoms with van der Waals surface area (Å²) >= 11 is 1.83. The number of rotatable bonds is 5. The van der Waals surface area contributed by atoms with Crippen molar-refractivity contribution < 1.29 is 13.9 Å². The number of carbonyl (C=O) groups excluding carboxylic acids is 1. The Bertz CT molecular complexity index is 690. The van der Waals surface area contributed by atoms with E-state index in [1.807, 2.05) is 11.8 Å². The predicted octanol–water partition coefficient (Wildman–Crippen LogP) is 3.04. The molecule has 1 fully saturated rings. The molecule has 0 radical (unpaired) electrons. The molecule has 1 aromatic carbocycles. The van der Waals surface area contributed by atoms with E-state index in [2.05, 4.69) is 10.3 Å². The second kappa shape index (κ2) is 7.46. The minimum Gasteiger partial charge on any atom is -0.473 e. The first kappa shape index (κ1) is 15.8. The molecule has 1 N–H and O–H groups in total. The molecule has 0 aliphatic carbocycles. The first-order valence-corrected chi connectivity index (χ1v) is 8.60. The van der Waals surface area contributed by atoms with E-state index in [1.54, 1.807) is 36.5 Å². The highest BCUT2D eigenvalue weighted by atomic mass is 32.2. The quantitative estimate of drug-likeness (QED) is 0.914. The van der Waals surface area contributed by atoms with Crippen LogP contribution >= 0.6 is 11.8 Å². The van der Waals surface area contributed by atoms with Crippen molar-refractivity contribution in [1.29, 1.82) is 0 Å². The van der Waals surface area contributed by atoms with E-state index in [9.17, 15) is 9.18 Å². The maximum Gasteiger partial charge on any atom is 0.257 e. The summed E-state index contributed by atoms with van der Waals surface area (Å²) in [5, 5.41) is 2.72. The number of thioether (sulfide) groups is 1. The van der Waals surface area contributed by atoms with Gasteiger partial charge in [0.1, 0.15) is 17.5 Å². The Kier molecular flexibility index (Phi) is 5.12. The monoisotopic (exact) mass is 332 g/mol. The van der Waals surface area contributed by atoms with Gasteiger partial charge in [0.05, 0.1) is 0 Å². The van der Waals surface area contributed by atoms with E-state index in [4.69, 9.17) is 4.74 Å². The maximum atomic E-state index is 13.6. The molecule has 1 atom stereocenters. The van der Waals surface area contributed by atoms with Crippen LogP contribution in [0, 0.1) is 5.82 Å². The normalized spacial score (nSPS) is 17.0. The summed E-state index contributed by atoms with van der Waals surface area (Å²) in [5.74, 6) is 1.66. The average Bonchev–Trinajstić information content (AvgIpc) is 3.07. The molecule has 1 aliphatic rings. The van der Waals surface area contributed by atoms with Crippen LogP contribution in [0.25, 0.3) is 0 Å². The molecule has 2 heterocycles. The van der Waals surface area contributed by atoms with Gasteiger partial charge in [-0.05, 0) is 30.4 Å². The summed E-state index contributed by atoms with van der Waals surface area (Å²) < 4.78 is 19.4. The summed E-state index contributed by atoms with van der Waals surface area (Å²) in [6.45, 7) is 0.124. The number of amides is 1. The van der Waals surface area contributed by atoms with Crippen LogP contribution in [0.4, 0.5) is 4.39 Å². The first-order chi connectivity index (χ1) is 11.2. The molecule has 6 heteroatoms. The van der Waals surface area contributed by atoms with Crippen LogP contribution in [0.15, 0.2) is 42.6 Å². The number of pyridine rings is 1. The third kappa shape index (κ3) is 4.01. The van der Waals surface area contributed by atoms with Crippen molar-refractivity contribution in [3.8, 4) is 5.88 Å². The molecule has 1 aromatic heterocycles. The van der Waals surface area contributed by atoms with E-state index >= 15 is 0 Å². The highest BCUT2D eigenvalue weighted by molar-refractivity contribution is 7.99. The summed E-state index contributed by atoms with van der Waals surface area (Å²) in [4.78, 5) is 16.5. The molecule has 120 valence electrons. The molecule has 2 aromatic rings.